The lowest BCUT2D eigenvalue weighted by atomic mass is 10.2. The largest absolute Gasteiger partial charge is 0.330 e. The van der Waals surface area contributed by atoms with Crippen molar-refractivity contribution in [3.63, 3.8) is 0 Å². The molecule has 0 saturated carbocycles. The number of halogens is 1. The van der Waals surface area contributed by atoms with Crippen molar-refractivity contribution in [3.05, 3.63) is 34.6 Å². The Labute approximate surface area is 112 Å². The highest BCUT2D eigenvalue weighted by Crippen LogP contribution is 2.24. The maximum Gasteiger partial charge on any atom is 0.275 e. The zero-order valence-electron chi connectivity index (χ0n) is 9.67. The summed E-state index contributed by atoms with van der Waals surface area (Å²) in [5.41, 5.74) is 1.14. The maximum absolute atomic E-state index is 12.3. The van der Waals surface area contributed by atoms with E-state index in [1.54, 1.807) is 22.0 Å². The average molecular weight is 308 g/mol. The third-order valence-electron chi connectivity index (χ3n) is 2.92. The topological polar surface area (TPSA) is 63.9 Å². The van der Waals surface area contributed by atoms with Crippen LogP contribution in [-0.2, 0) is 6.54 Å². The molecule has 0 aromatic carbocycles. The molecule has 0 radical (unpaired) electrons. The molecule has 0 spiro atoms. The smallest absolute Gasteiger partial charge is 0.275 e. The Morgan fingerprint density at radius 1 is 1.50 bits per heavy atom. The first-order chi connectivity index (χ1) is 8.70. The van der Waals surface area contributed by atoms with Crippen molar-refractivity contribution in [2.24, 2.45) is 0 Å². The summed E-state index contributed by atoms with van der Waals surface area (Å²) in [7, 11) is 0. The number of rotatable bonds is 1. The SMILES string of the molecule is CCN1Cc2nncn2-c2cc(Br)cnc2C1=O. The fourth-order valence-electron chi connectivity index (χ4n) is 1.99. The predicted octanol–water partition coefficient (Wildman–Crippen LogP) is 1.40. The Kier molecular flexibility index (Phi) is 2.62. The Morgan fingerprint density at radius 3 is 3.11 bits per heavy atom. The van der Waals surface area contributed by atoms with Crippen LogP contribution in [0.4, 0.5) is 0 Å². The minimum Gasteiger partial charge on any atom is -0.330 e. The van der Waals surface area contributed by atoms with Crippen LogP contribution < -0.4 is 0 Å². The minimum absolute atomic E-state index is 0.0782. The van der Waals surface area contributed by atoms with E-state index in [0.717, 1.165) is 10.3 Å². The number of pyridine rings is 1. The van der Waals surface area contributed by atoms with E-state index >= 15 is 0 Å². The van der Waals surface area contributed by atoms with Crippen LogP contribution in [0.25, 0.3) is 5.69 Å². The van der Waals surface area contributed by atoms with Gasteiger partial charge in [0, 0.05) is 17.2 Å². The van der Waals surface area contributed by atoms with Crippen molar-refractivity contribution < 1.29 is 4.79 Å². The molecule has 0 aliphatic carbocycles. The van der Waals surface area contributed by atoms with Gasteiger partial charge in [-0.2, -0.15) is 0 Å². The summed E-state index contributed by atoms with van der Waals surface area (Å²) in [5.74, 6) is 0.661. The van der Waals surface area contributed by atoms with E-state index in [0.29, 0.717) is 24.5 Å². The third kappa shape index (κ3) is 1.62. The van der Waals surface area contributed by atoms with Gasteiger partial charge in [0.2, 0.25) is 0 Å². The zero-order chi connectivity index (χ0) is 12.7. The molecule has 6 nitrogen and oxygen atoms in total. The second-order valence-electron chi connectivity index (χ2n) is 3.96. The van der Waals surface area contributed by atoms with Crippen molar-refractivity contribution in [3.8, 4) is 5.69 Å². The number of hydrogen-bond donors (Lipinski definition) is 0. The molecule has 2 aromatic heterocycles. The molecule has 1 aliphatic heterocycles. The van der Waals surface area contributed by atoms with Gasteiger partial charge in [-0.05, 0) is 28.9 Å². The van der Waals surface area contributed by atoms with E-state index < -0.39 is 0 Å². The minimum atomic E-state index is -0.0782. The number of carbonyl (C=O) groups is 1. The van der Waals surface area contributed by atoms with Crippen LogP contribution in [0.1, 0.15) is 23.2 Å². The number of hydrogen-bond acceptors (Lipinski definition) is 4. The first kappa shape index (κ1) is 11.3. The van der Waals surface area contributed by atoms with Crippen molar-refractivity contribution in [2.75, 3.05) is 6.54 Å². The van der Waals surface area contributed by atoms with E-state index in [1.807, 2.05) is 13.0 Å². The molecule has 3 heterocycles. The number of nitrogens with zero attached hydrogens (tertiary/aromatic N) is 5. The molecule has 7 heteroatoms. The molecular formula is C11H10BrN5O. The van der Waals surface area contributed by atoms with Gasteiger partial charge in [-0.25, -0.2) is 4.98 Å². The molecular weight excluding hydrogens is 298 g/mol. The Balaban J connectivity index is 2.28. The predicted molar refractivity (Wildman–Crippen MR) is 67.3 cm³/mol. The molecule has 92 valence electrons. The lowest BCUT2D eigenvalue weighted by molar-refractivity contribution is 0.0748. The van der Waals surface area contributed by atoms with Gasteiger partial charge < -0.3 is 4.90 Å². The Hall–Kier alpha value is -1.76. The van der Waals surface area contributed by atoms with E-state index in [4.69, 9.17) is 0 Å². The summed E-state index contributed by atoms with van der Waals surface area (Å²) in [6, 6.07) is 1.85. The lowest BCUT2D eigenvalue weighted by Crippen LogP contribution is -2.30. The zero-order valence-corrected chi connectivity index (χ0v) is 11.3. The highest BCUT2D eigenvalue weighted by molar-refractivity contribution is 9.10. The van der Waals surface area contributed by atoms with Crippen LogP contribution in [0.15, 0.2) is 23.1 Å². The van der Waals surface area contributed by atoms with Crippen LogP contribution in [0.3, 0.4) is 0 Å². The summed E-state index contributed by atoms with van der Waals surface area (Å²) in [5, 5.41) is 7.95. The van der Waals surface area contributed by atoms with E-state index in [-0.39, 0.29) is 5.91 Å². The van der Waals surface area contributed by atoms with E-state index in [9.17, 15) is 4.79 Å². The van der Waals surface area contributed by atoms with Crippen molar-refractivity contribution in [1.29, 1.82) is 0 Å². The summed E-state index contributed by atoms with van der Waals surface area (Å²) in [6.07, 6.45) is 3.23. The van der Waals surface area contributed by atoms with Crippen molar-refractivity contribution >= 4 is 21.8 Å². The third-order valence-corrected chi connectivity index (χ3v) is 3.35. The molecule has 0 fully saturated rings. The molecule has 1 aliphatic rings. The van der Waals surface area contributed by atoms with Crippen molar-refractivity contribution in [1.82, 2.24) is 24.6 Å². The first-order valence-electron chi connectivity index (χ1n) is 5.54. The summed E-state index contributed by atoms with van der Waals surface area (Å²) >= 11 is 3.37. The molecule has 18 heavy (non-hydrogen) atoms. The standard InChI is InChI=1S/C11H10BrN5O/c1-2-16-5-9-15-14-6-17(9)8-3-7(12)4-13-10(8)11(16)18/h3-4,6H,2,5H2,1H3. The fourth-order valence-corrected chi connectivity index (χ4v) is 2.31. The molecule has 0 unspecified atom stereocenters. The van der Waals surface area contributed by atoms with Gasteiger partial charge in [-0.1, -0.05) is 0 Å². The van der Waals surface area contributed by atoms with Gasteiger partial charge >= 0.3 is 0 Å². The Morgan fingerprint density at radius 2 is 2.33 bits per heavy atom. The number of amides is 1. The lowest BCUT2D eigenvalue weighted by Gasteiger charge is -2.16. The normalized spacial score (nSPS) is 14.1. The summed E-state index contributed by atoms with van der Waals surface area (Å²) in [4.78, 5) is 18.3. The number of aromatic nitrogens is 4. The second-order valence-corrected chi connectivity index (χ2v) is 4.87. The van der Waals surface area contributed by atoms with Crippen LogP contribution in [0.5, 0.6) is 0 Å². The monoisotopic (exact) mass is 307 g/mol. The van der Waals surface area contributed by atoms with Gasteiger partial charge in [0.05, 0.1) is 12.2 Å². The van der Waals surface area contributed by atoms with Crippen molar-refractivity contribution in [2.45, 2.75) is 13.5 Å². The second kappa shape index (κ2) is 4.16. The van der Waals surface area contributed by atoms with Gasteiger partial charge in [-0.15, -0.1) is 10.2 Å². The highest BCUT2D eigenvalue weighted by Gasteiger charge is 2.27. The molecule has 0 bridgehead atoms. The average Bonchev–Trinajstić information content (AvgIpc) is 2.79. The maximum atomic E-state index is 12.3. The number of fused-ring (bicyclic) bond motifs is 3. The fraction of sp³-hybridized carbons (Fsp3) is 0.273. The quantitative estimate of drug-likeness (QED) is 0.799. The first-order valence-corrected chi connectivity index (χ1v) is 6.34. The van der Waals surface area contributed by atoms with Gasteiger partial charge in [0.25, 0.3) is 5.91 Å². The summed E-state index contributed by atoms with van der Waals surface area (Å²) in [6.45, 7) is 2.99. The highest BCUT2D eigenvalue weighted by atomic mass is 79.9. The van der Waals surface area contributed by atoms with Gasteiger partial charge in [0.15, 0.2) is 11.5 Å². The van der Waals surface area contributed by atoms with Crippen LogP contribution in [0, 0.1) is 0 Å². The van der Waals surface area contributed by atoms with Gasteiger partial charge in [0.1, 0.15) is 6.33 Å². The molecule has 2 aromatic rings. The number of carbonyl (C=O) groups excluding carboxylic acids is 1. The molecule has 0 N–H and O–H groups in total. The van der Waals surface area contributed by atoms with E-state index in [1.165, 1.54) is 0 Å². The van der Waals surface area contributed by atoms with Gasteiger partial charge in [-0.3, -0.25) is 9.36 Å². The molecule has 0 saturated heterocycles. The molecule has 0 atom stereocenters. The van der Waals surface area contributed by atoms with E-state index in [2.05, 4.69) is 31.1 Å². The molecule has 1 amide bonds. The summed E-state index contributed by atoms with van der Waals surface area (Å²) < 4.78 is 2.62. The Bertz CT molecular complexity index is 624. The van der Waals surface area contributed by atoms with Crippen LogP contribution in [-0.4, -0.2) is 37.1 Å². The van der Waals surface area contributed by atoms with Crippen LogP contribution in [0.2, 0.25) is 0 Å². The molecule has 3 rings (SSSR count). The van der Waals surface area contributed by atoms with Crippen LogP contribution >= 0.6 is 15.9 Å².